The molecular weight excluding hydrogens is 356 g/mol. The normalized spacial score (nSPS) is 20.1. The van der Waals surface area contributed by atoms with E-state index in [2.05, 4.69) is 50.8 Å². The van der Waals surface area contributed by atoms with Crippen LogP contribution < -0.4 is 5.32 Å². The van der Waals surface area contributed by atoms with Gasteiger partial charge in [-0.15, -0.1) is 21.5 Å². The van der Waals surface area contributed by atoms with Gasteiger partial charge in [0.15, 0.2) is 5.82 Å². The molecule has 3 aromatic rings. The minimum atomic E-state index is 0.0977. The number of hydrogen-bond acceptors (Lipinski definition) is 6. The fourth-order valence-electron chi connectivity index (χ4n) is 4.46. The molecule has 0 saturated heterocycles. The van der Waals surface area contributed by atoms with Crippen molar-refractivity contribution in [3.63, 3.8) is 0 Å². The Hall–Kier alpha value is -2.02. The third-order valence-corrected chi connectivity index (χ3v) is 7.13. The molecular formula is C20H26N6S. The van der Waals surface area contributed by atoms with E-state index in [9.17, 15) is 0 Å². The van der Waals surface area contributed by atoms with Crippen LogP contribution in [0.4, 0.5) is 5.82 Å². The largest absolute Gasteiger partial charge is 0.359 e. The summed E-state index contributed by atoms with van der Waals surface area (Å²) in [5, 5.41) is 13.9. The summed E-state index contributed by atoms with van der Waals surface area (Å²) < 4.78 is 2.29. The summed E-state index contributed by atoms with van der Waals surface area (Å²) >= 11 is 1.85. The van der Waals surface area contributed by atoms with Crippen LogP contribution in [0.2, 0.25) is 0 Å². The van der Waals surface area contributed by atoms with E-state index in [4.69, 9.17) is 0 Å². The van der Waals surface area contributed by atoms with Crippen LogP contribution in [0.1, 0.15) is 61.7 Å². The Bertz CT molecular complexity index is 988. The molecule has 1 aliphatic heterocycles. The van der Waals surface area contributed by atoms with Gasteiger partial charge in [-0.25, -0.2) is 9.97 Å². The Morgan fingerprint density at radius 2 is 2.11 bits per heavy atom. The zero-order chi connectivity index (χ0) is 18.5. The van der Waals surface area contributed by atoms with Gasteiger partial charge in [0.25, 0.3) is 0 Å². The molecule has 0 amide bonds. The Morgan fingerprint density at radius 1 is 1.22 bits per heavy atom. The van der Waals surface area contributed by atoms with Crippen LogP contribution >= 0.6 is 11.3 Å². The van der Waals surface area contributed by atoms with Crippen molar-refractivity contribution in [3.8, 4) is 0 Å². The lowest BCUT2D eigenvalue weighted by atomic mass is 9.89. The molecule has 0 saturated carbocycles. The predicted molar refractivity (Wildman–Crippen MR) is 108 cm³/mol. The van der Waals surface area contributed by atoms with Crippen LogP contribution in [-0.2, 0) is 25.8 Å². The third kappa shape index (κ3) is 2.83. The van der Waals surface area contributed by atoms with Crippen LogP contribution in [0.3, 0.4) is 0 Å². The number of nitrogens with one attached hydrogen (secondary N) is 1. The van der Waals surface area contributed by atoms with Gasteiger partial charge < -0.3 is 9.88 Å². The summed E-state index contributed by atoms with van der Waals surface area (Å²) in [4.78, 5) is 11.8. The van der Waals surface area contributed by atoms with Crippen LogP contribution in [0, 0.1) is 11.8 Å². The smallest absolute Gasteiger partial charge is 0.155 e. The number of fused-ring (bicyclic) bond motifs is 4. The van der Waals surface area contributed by atoms with E-state index in [0.717, 1.165) is 54.0 Å². The van der Waals surface area contributed by atoms with Gasteiger partial charge in [-0.05, 0) is 43.1 Å². The first-order valence-electron chi connectivity index (χ1n) is 10.1. The molecule has 1 aliphatic carbocycles. The second-order valence-corrected chi connectivity index (χ2v) is 9.43. The summed E-state index contributed by atoms with van der Waals surface area (Å²) in [6.45, 7) is 7.83. The minimum Gasteiger partial charge on any atom is -0.359 e. The molecule has 1 N–H and O–H groups in total. The number of rotatable bonds is 4. The SMILES string of the molecule is CC(C)[C@@H](Nc1ncnc2sc3c(c12)CC[C@@H](C)C3)c1nnc2n1CCC2. The van der Waals surface area contributed by atoms with E-state index >= 15 is 0 Å². The first-order chi connectivity index (χ1) is 13.1. The lowest BCUT2D eigenvalue weighted by Gasteiger charge is -2.23. The number of aryl methyl sites for hydroxylation is 2. The van der Waals surface area contributed by atoms with E-state index in [1.807, 2.05) is 11.3 Å². The van der Waals surface area contributed by atoms with Crippen LogP contribution in [0.5, 0.6) is 0 Å². The molecule has 0 spiro atoms. The van der Waals surface area contributed by atoms with Gasteiger partial charge in [0.1, 0.15) is 22.8 Å². The lowest BCUT2D eigenvalue weighted by Crippen LogP contribution is -2.22. The third-order valence-electron chi connectivity index (χ3n) is 5.97. The average molecular weight is 383 g/mol. The average Bonchev–Trinajstić information content (AvgIpc) is 3.33. The molecule has 0 unspecified atom stereocenters. The lowest BCUT2D eigenvalue weighted by molar-refractivity contribution is 0.495. The molecule has 0 aromatic carbocycles. The summed E-state index contributed by atoms with van der Waals surface area (Å²) in [5.41, 5.74) is 1.46. The van der Waals surface area contributed by atoms with E-state index in [0.29, 0.717) is 5.92 Å². The van der Waals surface area contributed by atoms with Crippen molar-refractivity contribution in [2.75, 3.05) is 5.32 Å². The first-order valence-corrected chi connectivity index (χ1v) is 10.9. The minimum absolute atomic E-state index is 0.0977. The van der Waals surface area contributed by atoms with E-state index in [1.165, 1.54) is 28.7 Å². The Kier molecular flexibility index (Phi) is 4.15. The van der Waals surface area contributed by atoms with Gasteiger partial charge in [-0.2, -0.15) is 0 Å². The maximum absolute atomic E-state index is 4.66. The topological polar surface area (TPSA) is 68.5 Å². The molecule has 3 aromatic heterocycles. The maximum atomic E-state index is 4.66. The second-order valence-electron chi connectivity index (χ2n) is 8.35. The van der Waals surface area contributed by atoms with Crippen molar-refractivity contribution in [3.05, 3.63) is 28.4 Å². The van der Waals surface area contributed by atoms with Crippen molar-refractivity contribution in [1.29, 1.82) is 0 Å². The summed E-state index contributed by atoms with van der Waals surface area (Å²) in [5.74, 6) is 4.27. The summed E-state index contributed by atoms with van der Waals surface area (Å²) in [6.07, 6.45) is 7.44. The number of nitrogens with zero attached hydrogens (tertiary/aromatic N) is 5. The Morgan fingerprint density at radius 3 is 2.96 bits per heavy atom. The molecule has 4 heterocycles. The molecule has 2 aliphatic rings. The zero-order valence-electron chi connectivity index (χ0n) is 16.2. The molecule has 142 valence electrons. The van der Waals surface area contributed by atoms with Crippen molar-refractivity contribution < 1.29 is 0 Å². The molecule has 0 radical (unpaired) electrons. The van der Waals surface area contributed by atoms with Gasteiger partial charge in [-0.1, -0.05) is 20.8 Å². The molecule has 7 heteroatoms. The fourth-order valence-corrected chi connectivity index (χ4v) is 5.81. The van der Waals surface area contributed by atoms with Gasteiger partial charge in [0.05, 0.1) is 11.4 Å². The number of thiophene rings is 1. The quantitative estimate of drug-likeness (QED) is 0.734. The van der Waals surface area contributed by atoms with Gasteiger partial charge in [0.2, 0.25) is 0 Å². The van der Waals surface area contributed by atoms with Gasteiger partial charge in [0, 0.05) is 17.8 Å². The highest BCUT2D eigenvalue weighted by Gasteiger charge is 2.29. The summed E-state index contributed by atoms with van der Waals surface area (Å²) in [6, 6.07) is 0.0977. The van der Waals surface area contributed by atoms with Crippen molar-refractivity contribution in [2.45, 2.75) is 65.5 Å². The highest BCUT2D eigenvalue weighted by atomic mass is 32.1. The van der Waals surface area contributed by atoms with E-state index in [1.54, 1.807) is 6.33 Å². The molecule has 27 heavy (non-hydrogen) atoms. The van der Waals surface area contributed by atoms with Crippen LogP contribution in [0.15, 0.2) is 6.33 Å². The number of aromatic nitrogens is 5. The predicted octanol–water partition coefficient (Wildman–Crippen LogP) is 4.16. The maximum Gasteiger partial charge on any atom is 0.155 e. The van der Waals surface area contributed by atoms with Gasteiger partial charge >= 0.3 is 0 Å². The molecule has 0 bridgehead atoms. The molecule has 2 atom stereocenters. The highest BCUT2D eigenvalue weighted by molar-refractivity contribution is 7.19. The van der Waals surface area contributed by atoms with Crippen LogP contribution in [0.25, 0.3) is 10.2 Å². The monoisotopic (exact) mass is 382 g/mol. The molecule has 5 rings (SSSR count). The second kappa shape index (κ2) is 6.55. The highest BCUT2D eigenvalue weighted by Crippen LogP contribution is 2.40. The summed E-state index contributed by atoms with van der Waals surface area (Å²) in [7, 11) is 0. The zero-order valence-corrected chi connectivity index (χ0v) is 17.0. The van der Waals surface area contributed by atoms with Crippen molar-refractivity contribution in [2.24, 2.45) is 11.8 Å². The number of anilines is 1. The first kappa shape index (κ1) is 17.1. The van der Waals surface area contributed by atoms with E-state index < -0.39 is 0 Å². The fraction of sp³-hybridized carbons (Fsp3) is 0.600. The Balaban J connectivity index is 1.56. The Labute approximate surface area is 163 Å². The standard InChI is InChI=1S/C20H26N6S/c1-11(2)17(19-25-24-15-5-4-8-26(15)19)23-18-16-13-7-6-12(3)9-14(13)27-20(16)22-10-21-18/h10-12,17H,4-9H2,1-3H3,(H,21,22,23)/t12-,17-/m1/s1. The van der Waals surface area contributed by atoms with Crippen molar-refractivity contribution in [1.82, 2.24) is 24.7 Å². The van der Waals surface area contributed by atoms with Gasteiger partial charge in [-0.3, -0.25) is 0 Å². The van der Waals surface area contributed by atoms with E-state index in [-0.39, 0.29) is 6.04 Å². The molecule has 6 nitrogen and oxygen atoms in total. The number of hydrogen-bond donors (Lipinski definition) is 1. The van der Waals surface area contributed by atoms with Crippen LogP contribution in [-0.4, -0.2) is 24.7 Å². The molecule has 0 fully saturated rings. The van der Waals surface area contributed by atoms with Crippen molar-refractivity contribution >= 4 is 27.4 Å².